The van der Waals surface area contributed by atoms with Gasteiger partial charge in [-0.25, -0.2) is 4.79 Å². The van der Waals surface area contributed by atoms with Crippen LogP contribution in [0.3, 0.4) is 0 Å². The lowest BCUT2D eigenvalue weighted by Crippen LogP contribution is -2.48. The Balaban J connectivity index is 2.37. The molecule has 2 rings (SSSR count). The van der Waals surface area contributed by atoms with Gasteiger partial charge in [0.15, 0.2) is 23.2 Å². The van der Waals surface area contributed by atoms with Gasteiger partial charge >= 0.3 is 5.97 Å². The summed E-state index contributed by atoms with van der Waals surface area (Å²) >= 11 is 0. The first kappa shape index (κ1) is 13.8. The third kappa shape index (κ3) is 2.44. The van der Waals surface area contributed by atoms with E-state index in [2.05, 4.69) is 13.8 Å². The zero-order valence-electron chi connectivity index (χ0n) is 11.9. The van der Waals surface area contributed by atoms with Crippen LogP contribution in [0.25, 0.3) is 0 Å². The maximum Gasteiger partial charge on any atom is 0.348 e. The summed E-state index contributed by atoms with van der Waals surface area (Å²) in [6, 6.07) is 0. The predicted molar refractivity (Wildman–Crippen MR) is 70.3 cm³/mol. The molecular formula is C15H20O4. The van der Waals surface area contributed by atoms with Crippen molar-refractivity contribution in [3.05, 3.63) is 23.5 Å². The zero-order chi connectivity index (χ0) is 14.2. The molecular weight excluding hydrogens is 244 g/mol. The molecule has 0 bridgehead atoms. The fourth-order valence-electron chi connectivity index (χ4n) is 2.35. The van der Waals surface area contributed by atoms with E-state index in [9.17, 15) is 9.59 Å². The number of hydrogen-bond donors (Lipinski definition) is 0. The first-order valence-electron chi connectivity index (χ1n) is 6.70. The first-order valence-corrected chi connectivity index (χ1v) is 6.70. The second-order valence-electron chi connectivity index (χ2n) is 5.65. The minimum Gasteiger partial charge on any atom is -0.478 e. The minimum absolute atomic E-state index is 0.0830. The molecule has 0 aromatic heterocycles. The monoisotopic (exact) mass is 264 g/mol. The average Bonchev–Trinajstić information content (AvgIpc) is 2.35. The van der Waals surface area contributed by atoms with Crippen molar-refractivity contribution in [1.82, 2.24) is 0 Å². The number of rotatable bonds is 3. The molecule has 19 heavy (non-hydrogen) atoms. The van der Waals surface area contributed by atoms with Gasteiger partial charge in [0.25, 0.3) is 0 Å². The standard InChI is InChI=1S/C15H20O4/c1-9(2)5-7-15-8-6-12(16)10(3)13(15)18-11(4)14(17)19-15/h6,8-9,11H,5,7H2,1-4H3/t11-,15+/m0/s1. The zero-order valence-corrected chi connectivity index (χ0v) is 11.9. The Kier molecular flexibility index (Phi) is 3.52. The molecule has 0 spiro atoms. The third-order valence-electron chi connectivity index (χ3n) is 3.60. The summed E-state index contributed by atoms with van der Waals surface area (Å²) in [6.07, 6.45) is 4.02. The number of ether oxygens (including phenoxy) is 2. The van der Waals surface area contributed by atoms with Crippen molar-refractivity contribution >= 4 is 11.8 Å². The van der Waals surface area contributed by atoms with E-state index in [4.69, 9.17) is 9.47 Å². The molecule has 1 aliphatic heterocycles. The van der Waals surface area contributed by atoms with Crippen molar-refractivity contribution in [2.24, 2.45) is 5.92 Å². The minimum atomic E-state index is -0.883. The topological polar surface area (TPSA) is 52.6 Å². The summed E-state index contributed by atoms with van der Waals surface area (Å²) in [6.45, 7) is 7.58. The molecule has 1 heterocycles. The molecule has 0 saturated carbocycles. The largest absolute Gasteiger partial charge is 0.478 e. The van der Waals surface area contributed by atoms with Crippen LogP contribution in [-0.4, -0.2) is 23.5 Å². The maximum absolute atomic E-state index is 11.8. The molecule has 104 valence electrons. The van der Waals surface area contributed by atoms with E-state index in [0.717, 1.165) is 6.42 Å². The molecule has 2 atom stereocenters. The van der Waals surface area contributed by atoms with E-state index in [0.29, 0.717) is 23.7 Å². The first-order chi connectivity index (χ1) is 8.85. The van der Waals surface area contributed by atoms with Crippen LogP contribution in [0, 0.1) is 5.92 Å². The third-order valence-corrected chi connectivity index (χ3v) is 3.60. The van der Waals surface area contributed by atoms with E-state index >= 15 is 0 Å². The lowest BCUT2D eigenvalue weighted by atomic mass is 9.84. The van der Waals surface area contributed by atoms with E-state index in [1.54, 1.807) is 19.9 Å². The van der Waals surface area contributed by atoms with Crippen LogP contribution in [0.1, 0.15) is 40.5 Å². The Morgan fingerprint density at radius 3 is 2.68 bits per heavy atom. The molecule has 4 heteroatoms. The molecule has 0 aromatic carbocycles. The SMILES string of the molecule is CC1=C2O[C@@H](C)C(=O)O[C@]2(CCC(C)C)C=CC1=O. The van der Waals surface area contributed by atoms with Crippen molar-refractivity contribution in [3.8, 4) is 0 Å². The van der Waals surface area contributed by atoms with Gasteiger partial charge in [-0.15, -0.1) is 0 Å². The van der Waals surface area contributed by atoms with E-state index in [1.807, 2.05) is 0 Å². The van der Waals surface area contributed by atoms with Gasteiger partial charge in [0.2, 0.25) is 0 Å². The van der Waals surface area contributed by atoms with Gasteiger partial charge in [-0.05, 0) is 44.8 Å². The molecule has 0 radical (unpaired) electrons. The average molecular weight is 264 g/mol. The Morgan fingerprint density at radius 2 is 2.05 bits per heavy atom. The van der Waals surface area contributed by atoms with Gasteiger partial charge < -0.3 is 9.47 Å². The Bertz CT molecular complexity index is 473. The fraction of sp³-hybridized carbons (Fsp3) is 0.600. The highest BCUT2D eigenvalue weighted by atomic mass is 16.6. The summed E-state index contributed by atoms with van der Waals surface area (Å²) in [4.78, 5) is 23.6. The molecule has 0 unspecified atom stereocenters. The summed E-state index contributed by atoms with van der Waals surface area (Å²) in [5.74, 6) is 0.535. The number of ketones is 1. The molecule has 0 amide bonds. The van der Waals surface area contributed by atoms with Crippen molar-refractivity contribution in [2.45, 2.75) is 52.2 Å². The highest BCUT2D eigenvalue weighted by molar-refractivity contribution is 6.05. The van der Waals surface area contributed by atoms with Gasteiger partial charge in [-0.1, -0.05) is 13.8 Å². The summed E-state index contributed by atoms with van der Waals surface area (Å²) in [7, 11) is 0. The van der Waals surface area contributed by atoms with Crippen LogP contribution in [0.15, 0.2) is 23.5 Å². The highest BCUT2D eigenvalue weighted by Crippen LogP contribution is 2.40. The van der Waals surface area contributed by atoms with Gasteiger partial charge in [-0.2, -0.15) is 0 Å². The number of carbonyl (C=O) groups is 2. The predicted octanol–water partition coefficient (Wildman–Crippen LogP) is 2.54. The van der Waals surface area contributed by atoms with Crippen LogP contribution in [0.4, 0.5) is 0 Å². The highest BCUT2D eigenvalue weighted by Gasteiger charge is 2.47. The van der Waals surface area contributed by atoms with Gasteiger partial charge in [0.1, 0.15) is 0 Å². The van der Waals surface area contributed by atoms with Crippen molar-refractivity contribution < 1.29 is 19.1 Å². The lowest BCUT2D eigenvalue weighted by Gasteiger charge is -2.41. The summed E-state index contributed by atoms with van der Waals surface area (Å²) in [5.41, 5.74) is -0.350. The van der Waals surface area contributed by atoms with Crippen LogP contribution in [0.2, 0.25) is 0 Å². The molecule has 1 fully saturated rings. The number of allylic oxidation sites excluding steroid dienone is 2. The van der Waals surface area contributed by atoms with Crippen LogP contribution >= 0.6 is 0 Å². The molecule has 0 N–H and O–H groups in total. The molecule has 0 aromatic rings. The van der Waals surface area contributed by atoms with Crippen LogP contribution < -0.4 is 0 Å². The summed E-state index contributed by atoms with van der Waals surface area (Å²) < 4.78 is 11.3. The Labute approximate surface area is 113 Å². The Hall–Kier alpha value is -1.58. The lowest BCUT2D eigenvalue weighted by molar-refractivity contribution is -0.181. The van der Waals surface area contributed by atoms with E-state index < -0.39 is 11.7 Å². The Morgan fingerprint density at radius 1 is 1.37 bits per heavy atom. The normalized spacial score (nSPS) is 30.3. The van der Waals surface area contributed by atoms with Gasteiger partial charge in [0, 0.05) is 5.57 Å². The van der Waals surface area contributed by atoms with Crippen molar-refractivity contribution in [1.29, 1.82) is 0 Å². The smallest absolute Gasteiger partial charge is 0.348 e. The maximum atomic E-state index is 11.8. The fourth-order valence-corrected chi connectivity index (χ4v) is 2.35. The molecule has 4 nitrogen and oxygen atoms in total. The second kappa shape index (κ2) is 4.83. The quantitative estimate of drug-likeness (QED) is 0.735. The van der Waals surface area contributed by atoms with Gasteiger partial charge in [0.05, 0.1) is 0 Å². The van der Waals surface area contributed by atoms with E-state index in [1.165, 1.54) is 6.08 Å². The molecule has 1 saturated heterocycles. The number of carbonyl (C=O) groups excluding carboxylic acids is 2. The van der Waals surface area contributed by atoms with Gasteiger partial charge in [-0.3, -0.25) is 4.79 Å². The number of hydrogen-bond acceptors (Lipinski definition) is 4. The second-order valence-corrected chi connectivity index (χ2v) is 5.65. The van der Waals surface area contributed by atoms with Crippen LogP contribution in [0.5, 0.6) is 0 Å². The van der Waals surface area contributed by atoms with Crippen molar-refractivity contribution in [3.63, 3.8) is 0 Å². The number of fused-ring (bicyclic) bond motifs is 1. The molecule has 2 aliphatic rings. The van der Waals surface area contributed by atoms with Crippen LogP contribution in [-0.2, 0) is 19.1 Å². The molecule has 1 aliphatic carbocycles. The van der Waals surface area contributed by atoms with Crippen molar-refractivity contribution in [2.75, 3.05) is 0 Å². The number of esters is 1. The van der Waals surface area contributed by atoms with E-state index in [-0.39, 0.29) is 11.8 Å². The summed E-state index contributed by atoms with van der Waals surface area (Å²) in [5, 5.41) is 0.